The van der Waals surface area contributed by atoms with E-state index >= 15 is 0 Å². The number of nitrogens with zero attached hydrogens (tertiary/aromatic N) is 5. The Hall–Kier alpha value is -2.75. The minimum absolute atomic E-state index is 0.00515. The summed E-state index contributed by atoms with van der Waals surface area (Å²) in [5.41, 5.74) is 4.00. The average molecular weight is 473 g/mol. The monoisotopic (exact) mass is 473 g/mol. The first kappa shape index (κ1) is 17.7. The molecule has 0 N–H and O–H groups in total. The number of benzene rings is 2. The fourth-order valence-electron chi connectivity index (χ4n) is 3.16. The third kappa shape index (κ3) is 3.57. The molecular formula is C19H16IN5O2. The summed E-state index contributed by atoms with van der Waals surface area (Å²) in [6, 6.07) is 14.7. The number of hydrogen-bond acceptors (Lipinski definition) is 5. The first-order chi connectivity index (χ1) is 13.0. The van der Waals surface area contributed by atoms with Crippen molar-refractivity contribution >= 4 is 39.7 Å². The molecule has 0 radical (unpaired) electrons. The van der Waals surface area contributed by atoms with Crippen molar-refractivity contribution in [3.63, 3.8) is 0 Å². The molecule has 0 fully saturated rings. The molecule has 1 aliphatic rings. The highest BCUT2D eigenvalue weighted by Crippen LogP contribution is 2.37. The summed E-state index contributed by atoms with van der Waals surface area (Å²) in [4.78, 5) is 10.5. The smallest absolute Gasteiger partial charge is 0.269 e. The van der Waals surface area contributed by atoms with Crippen LogP contribution >= 0.6 is 22.6 Å². The molecular weight excluding hydrogens is 457 g/mol. The fraction of sp³-hybridized carbons (Fsp3) is 0.158. The van der Waals surface area contributed by atoms with Gasteiger partial charge in [0.1, 0.15) is 0 Å². The summed E-state index contributed by atoms with van der Waals surface area (Å²) in [6.45, 7) is 0. The molecule has 136 valence electrons. The van der Waals surface area contributed by atoms with Gasteiger partial charge in [-0.1, -0.05) is 12.1 Å². The van der Waals surface area contributed by atoms with E-state index < -0.39 is 4.92 Å². The number of rotatable bonds is 4. The summed E-state index contributed by atoms with van der Waals surface area (Å²) in [6.07, 6.45) is 4.56. The van der Waals surface area contributed by atoms with E-state index in [-0.39, 0.29) is 11.7 Å². The Bertz CT molecular complexity index is 1010. The zero-order valence-corrected chi connectivity index (χ0v) is 16.6. The highest BCUT2D eigenvalue weighted by atomic mass is 127. The lowest BCUT2D eigenvalue weighted by atomic mass is 10.0. The molecule has 4 rings (SSSR count). The van der Waals surface area contributed by atoms with Crippen LogP contribution in [0.1, 0.15) is 23.6 Å². The van der Waals surface area contributed by atoms with E-state index in [1.54, 1.807) is 16.8 Å². The number of nitro groups is 1. The molecule has 2 aromatic carbocycles. The van der Waals surface area contributed by atoms with E-state index in [0.29, 0.717) is 0 Å². The van der Waals surface area contributed by atoms with Gasteiger partial charge in [0.15, 0.2) is 0 Å². The van der Waals surface area contributed by atoms with E-state index in [0.717, 1.165) is 28.9 Å². The van der Waals surface area contributed by atoms with Crippen molar-refractivity contribution in [1.29, 1.82) is 0 Å². The minimum Gasteiger partial charge on any atom is -0.275 e. The van der Waals surface area contributed by atoms with E-state index in [4.69, 9.17) is 5.10 Å². The summed E-state index contributed by atoms with van der Waals surface area (Å²) in [5.74, 6) is 0. The molecule has 0 amide bonds. The molecule has 0 bridgehead atoms. The number of nitro benzene ring substituents is 1. The quantitative estimate of drug-likeness (QED) is 0.322. The number of halogens is 1. The Kier molecular flexibility index (Phi) is 4.65. The van der Waals surface area contributed by atoms with E-state index in [2.05, 4.69) is 52.0 Å². The second kappa shape index (κ2) is 7.10. The molecule has 7 nitrogen and oxygen atoms in total. The highest BCUT2D eigenvalue weighted by molar-refractivity contribution is 14.1. The lowest BCUT2D eigenvalue weighted by Gasteiger charge is -2.22. The second-order valence-electron chi connectivity index (χ2n) is 6.34. The standard InChI is InChI=1S/C19H16IN5O2/c1-23-12-14(11-21-23)19-10-18(13-2-4-15(20)5-3-13)22-24(19)16-6-8-17(9-7-16)25(26)27/h2-9,11-12,19H,10H2,1H3/t19-/m0/s1. The third-order valence-corrected chi connectivity index (χ3v) is 5.24. The van der Waals surface area contributed by atoms with Crippen LogP contribution in [0, 0.1) is 13.7 Å². The van der Waals surface area contributed by atoms with Gasteiger partial charge in [0.25, 0.3) is 5.69 Å². The van der Waals surface area contributed by atoms with Crippen LogP contribution in [0.3, 0.4) is 0 Å². The van der Waals surface area contributed by atoms with E-state index in [1.165, 1.54) is 15.7 Å². The van der Waals surface area contributed by atoms with Gasteiger partial charge in [-0.3, -0.25) is 19.8 Å². The molecule has 0 aliphatic carbocycles. The molecule has 1 atom stereocenters. The van der Waals surface area contributed by atoms with Crippen LogP contribution in [-0.2, 0) is 7.05 Å². The topological polar surface area (TPSA) is 76.6 Å². The average Bonchev–Trinajstić information content (AvgIpc) is 3.29. The molecule has 0 saturated carbocycles. The first-order valence-electron chi connectivity index (χ1n) is 8.37. The van der Waals surface area contributed by atoms with Crippen molar-refractivity contribution in [2.75, 3.05) is 5.01 Å². The second-order valence-corrected chi connectivity index (χ2v) is 7.58. The van der Waals surface area contributed by atoms with Crippen LogP contribution in [0.25, 0.3) is 0 Å². The molecule has 1 aromatic heterocycles. The first-order valence-corrected chi connectivity index (χ1v) is 9.45. The Morgan fingerprint density at radius 3 is 2.44 bits per heavy atom. The van der Waals surface area contributed by atoms with Crippen molar-refractivity contribution in [3.8, 4) is 0 Å². The van der Waals surface area contributed by atoms with E-state index in [9.17, 15) is 10.1 Å². The third-order valence-electron chi connectivity index (χ3n) is 4.52. The number of aryl methyl sites for hydroxylation is 1. The Morgan fingerprint density at radius 1 is 1.15 bits per heavy atom. The molecule has 8 heteroatoms. The summed E-state index contributed by atoms with van der Waals surface area (Å²) in [7, 11) is 1.88. The summed E-state index contributed by atoms with van der Waals surface area (Å²) in [5, 5.41) is 22.0. The summed E-state index contributed by atoms with van der Waals surface area (Å²) >= 11 is 2.28. The highest BCUT2D eigenvalue weighted by Gasteiger charge is 2.31. The van der Waals surface area contributed by atoms with Gasteiger partial charge in [-0.2, -0.15) is 10.2 Å². The lowest BCUT2D eigenvalue weighted by Crippen LogP contribution is -2.18. The van der Waals surface area contributed by atoms with Crippen molar-refractivity contribution in [2.24, 2.45) is 12.1 Å². The maximum atomic E-state index is 10.9. The summed E-state index contributed by atoms with van der Waals surface area (Å²) < 4.78 is 2.94. The Labute approximate surface area is 169 Å². The van der Waals surface area contributed by atoms with Crippen LogP contribution in [0.2, 0.25) is 0 Å². The largest absolute Gasteiger partial charge is 0.275 e. The van der Waals surface area contributed by atoms with Crippen molar-refractivity contribution in [3.05, 3.63) is 85.7 Å². The predicted octanol–water partition coefficient (Wildman–Crippen LogP) is 4.29. The van der Waals surface area contributed by atoms with Gasteiger partial charge in [0, 0.05) is 40.9 Å². The van der Waals surface area contributed by atoms with Crippen molar-refractivity contribution < 1.29 is 4.92 Å². The molecule has 1 aliphatic heterocycles. The van der Waals surface area contributed by atoms with E-state index in [1.807, 2.05) is 24.5 Å². The van der Waals surface area contributed by atoms with Crippen LogP contribution in [0.4, 0.5) is 11.4 Å². The van der Waals surface area contributed by atoms with Gasteiger partial charge in [-0.15, -0.1) is 0 Å². The van der Waals surface area contributed by atoms with Gasteiger partial charge in [0.2, 0.25) is 0 Å². The molecule has 27 heavy (non-hydrogen) atoms. The van der Waals surface area contributed by atoms with Crippen LogP contribution in [0.15, 0.2) is 66.0 Å². The SMILES string of the molecule is Cn1cc([C@@H]2CC(c3ccc(I)cc3)=NN2c2ccc([N+](=O)[O-])cc2)cn1. The lowest BCUT2D eigenvalue weighted by molar-refractivity contribution is -0.384. The van der Waals surface area contributed by atoms with Crippen LogP contribution < -0.4 is 5.01 Å². The minimum atomic E-state index is -0.396. The fourth-order valence-corrected chi connectivity index (χ4v) is 3.52. The number of hydrazone groups is 1. The van der Waals surface area contributed by atoms with Gasteiger partial charge < -0.3 is 0 Å². The van der Waals surface area contributed by atoms with Gasteiger partial charge in [-0.05, 0) is 52.4 Å². The predicted molar refractivity (Wildman–Crippen MR) is 112 cm³/mol. The Morgan fingerprint density at radius 2 is 1.85 bits per heavy atom. The maximum Gasteiger partial charge on any atom is 0.269 e. The van der Waals surface area contributed by atoms with Crippen molar-refractivity contribution in [2.45, 2.75) is 12.5 Å². The Balaban J connectivity index is 1.72. The number of non-ortho nitro benzene ring substituents is 1. The normalized spacial score (nSPS) is 16.4. The number of aromatic nitrogens is 2. The number of hydrogen-bond donors (Lipinski definition) is 0. The molecule has 0 spiro atoms. The zero-order chi connectivity index (χ0) is 19.0. The molecule has 0 saturated heterocycles. The van der Waals surface area contributed by atoms with Crippen LogP contribution in [0.5, 0.6) is 0 Å². The van der Waals surface area contributed by atoms with Gasteiger partial charge in [-0.25, -0.2) is 0 Å². The molecule has 2 heterocycles. The van der Waals surface area contributed by atoms with Gasteiger partial charge >= 0.3 is 0 Å². The van der Waals surface area contributed by atoms with Crippen LogP contribution in [-0.4, -0.2) is 20.4 Å². The van der Waals surface area contributed by atoms with Gasteiger partial charge in [0.05, 0.1) is 28.6 Å². The number of anilines is 1. The molecule has 0 unspecified atom stereocenters. The van der Waals surface area contributed by atoms with Crippen molar-refractivity contribution in [1.82, 2.24) is 9.78 Å². The zero-order valence-electron chi connectivity index (χ0n) is 14.5. The molecule has 3 aromatic rings. The maximum absolute atomic E-state index is 10.9.